The van der Waals surface area contributed by atoms with E-state index in [1.807, 2.05) is 38.1 Å². The van der Waals surface area contributed by atoms with Gasteiger partial charge in [-0.3, -0.25) is 0 Å². The van der Waals surface area contributed by atoms with Gasteiger partial charge < -0.3 is 5.73 Å². The molecule has 0 saturated heterocycles. The number of aryl methyl sites for hydroxylation is 1. The van der Waals surface area contributed by atoms with Crippen molar-refractivity contribution in [3.63, 3.8) is 0 Å². The average molecular weight is 255 g/mol. The van der Waals surface area contributed by atoms with Gasteiger partial charge in [-0.05, 0) is 18.9 Å². The van der Waals surface area contributed by atoms with Crippen molar-refractivity contribution in [3.8, 4) is 0 Å². The first-order chi connectivity index (χ1) is 7.92. The Morgan fingerprint density at radius 2 is 1.71 bits per heavy atom. The van der Waals surface area contributed by atoms with Gasteiger partial charge in [0.2, 0.25) is 0 Å². The van der Waals surface area contributed by atoms with E-state index >= 15 is 0 Å². The third kappa shape index (κ3) is 3.30. The highest BCUT2D eigenvalue weighted by Gasteiger charge is 2.29. The Balaban J connectivity index is 3.02. The maximum Gasteiger partial charge on any atom is 0.154 e. The van der Waals surface area contributed by atoms with Gasteiger partial charge >= 0.3 is 0 Å². The molecule has 4 heteroatoms. The van der Waals surface area contributed by atoms with E-state index in [4.69, 9.17) is 5.73 Å². The van der Waals surface area contributed by atoms with Crippen LogP contribution in [-0.2, 0) is 9.84 Å². The van der Waals surface area contributed by atoms with E-state index in [1.165, 1.54) is 0 Å². The summed E-state index contributed by atoms with van der Waals surface area (Å²) in [5.74, 6) is 0.144. The van der Waals surface area contributed by atoms with Gasteiger partial charge in [-0.1, -0.05) is 43.7 Å². The third-order valence-electron chi connectivity index (χ3n) is 3.13. The van der Waals surface area contributed by atoms with Crippen LogP contribution in [-0.4, -0.2) is 19.4 Å². The molecule has 0 spiro atoms. The zero-order valence-corrected chi connectivity index (χ0v) is 11.5. The van der Waals surface area contributed by atoms with E-state index in [-0.39, 0.29) is 5.75 Å². The molecule has 3 nitrogen and oxygen atoms in total. The standard InChI is InChI=1S/C13H21NO2S/c1-4-12(17(15,16)5-2)13(14)11-8-6-10(3)7-9-11/h6-9,12-13H,4-5,14H2,1-3H3. The van der Waals surface area contributed by atoms with Crippen molar-refractivity contribution in [1.29, 1.82) is 0 Å². The number of hydrogen-bond donors (Lipinski definition) is 1. The molecule has 17 heavy (non-hydrogen) atoms. The summed E-state index contributed by atoms with van der Waals surface area (Å²) in [6.45, 7) is 5.53. The number of rotatable bonds is 5. The molecule has 1 aromatic carbocycles. The highest BCUT2D eigenvalue weighted by Crippen LogP contribution is 2.23. The van der Waals surface area contributed by atoms with Crippen molar-refractivity contribution in [2.75, 3.05) is 5.75 Å². The van der Waals surface area contributed by atoms with Crippen molar-refractivity contribution >= 4 is 9.84 Å². The molecule has 0 aromatic heterocycles. The van der Waals surface area contributed by atoms with Crippen LogP contribution < -0.4 is 5.73 Å². The van der Waals surface area contributed by atoms with Gasteiger partial charge in [-0.2, -0.15) is 0 Å². The molecule has 0 radical (unpaired) electrons. The Bertz CT molecular complexity index is 451. The molecule has 2 N–H and O–H groups in total. The van der Waals surface area contributed by atoms with Crippen LogP contribution in [0.15, 0.2) is 24.3 Å². The fourth-order valence-electron chi connectivity index (χ4n) is 1.95. The maximum atomic E-state index is 11.9. The normalized spacial score (nSPS) is 15.5. The zero-order chi connectivity index (χ0) is 13.1. The Morgan fingerprint density at radius 3 is 2.12 bits per heavy atom. The molecule has 0 aliphatic rings. The zero-order valence-electron chi connectivity index (χ0n) is 10.7. The van der Waals surface area contributed by atoms with E-state index in [2.05, 4.69) is 0 Å². The quantitative estimate of drug-likeness (QED) is 0.877. The minimum absolute atomic E-state index is 0.144. The second-order valence-electron chi connectivity index (χ2n) is 4.33. The van der Waals surface area contributed by atoms with Gasteiger partial charge in [0.25, 0.3) is 0 Å². The van der Waals surface area contributed by atoms with Gasteiger partial charge in [0.1, 0.15) is 0 Å². The van der Waals surface area contributed by atoms with Crippen molar-refractivity contribution in [2.45, 2.75) is 38.5 Å². The van der Waals surface area contributed by atoms with Crippen LogP contribution in [0.5, 0.6) is 0 Å². The molecule has 2 atom stereocenters. The minimum Gasteiger partial charge on any atom is -0.323 e. The topological polar surface area (TPSA) is 60.2 Å². The lowest BCUT2D eigenvalue weighted by Crippen LogP contribution is -2.34. The summed E-state index contributed by atoms with van der Waals surface area (Å²) >= 11 is 0. The van der Waals surface area contributed by atoms with Crippen molar-refractivity contribution in [1.82, 2.24) is 0 Å². The van der Waals surface area contributed by atoms with Crippen molar-refractivity contribution < 1.29 is 8.42 Å². The number of benzene rings is 1. The second-order valence-corrected chi connectivity index (χ2v) is 6.84. The number of nitrogens with two attached hydrogens (primary N) is 1. The van der Waals surface area contributed by atoms with Gasteiger partial charge in [0.15, 0.2) is 9.84 Å². The minimum atomic E-state index is -3.09. The van der Waals surface area contributed by atoms with Gasteiger partial charge in [0, 0.05) is 11.8 Å². The molecule has 1 aromatic rings. The molecule has 1 rings (SSSR count). The average Bonchev–Trinajstić information content (AvgIpc) is 2.30. The predicted molar refractivity (Wildman–Crippen MR) is 71.6 cm³/mol. The Kier molecular flexibility index (Phi) is 4.71. The smallest absolute Gasteiger partial charge is 0.154 e. The second kappa shape index (κ2) is 5.65. The van der Waals surface area contributed by atoms with Crippen LogP contribution in [0.4, 0.5) is 0 Å². The highest BCUT2D eigenvalue weighted by atomic mass is 32.2. The summed E-state index contributed by atoms with van der Waals surface area (Å²) in [6, 6.07) is 7.30. The molecular formula is C13H21NO2S. The predicted octanol–water partition coefficient (Wildman–Crippen LogP) is 2.21. The summed E-state index contributed by atoms with van der Waals surface area (Å²) in [5.41, 5.74) is 8.12. The fourth-order valence-corrected chi connectivity index (χ4v) is 3.49. The third-order valence-corrected chi connectivity index (χ3v) is 5.48. The summed E-state index contributed by atoms with van der Waals surface area (Å²) in [7, 11) is -3.09. The van der Waals surface area contributed by atoms with Crippen LogP contribution in [0.3, 0.4) is 0 Å². The van der Waals surface area contributed by atoms with Gasteiger partial charge in [-0.15, -0.1) is 0 Å². The Hall–Kier alpha value is -0.870. The van der Waals surface area contributed by atoms with E-state index < -0.39 is 21.1 Å². The first kappa shape index (κ1) is 14.2. The van der Waals surface area contributed by atoms with Crippen LogP contribution in [0.1, 0.15) is 37.4 Å². The van der Waals surface area contributed by atoms with Gasteiger partial charge in [-0.25, -0.2) is 8.42 Å². The molecular weight excluding hydrogens is 234 g/mol. The van der Waals surface area contributed by atoms with Crippen molar-refractivity contribution in [2.24, 2.45) is 5.73 Å². The molecule has 0 amide bonds. The number of hydrogen-bond acceptors (Lipinski definition) is 3. The molecule has 0 fully saturated rings. The first-order valence-electron chi connectivity index (χ1n) is 5.96. The SMILES string of the molecule is CCC(C(N)c1ccc(C)cc1)S(=O)(=O)CC. The van der Waals surface area contributed by atoms with E-state index in [0.717, 1.165) is 11.1 Å². The summed E-state index contributed by atoms with van der Waals surface area (Å²) < 4.78 is 23.9. The van der Waals surface area contributed by atoms with Crippen LogP contribution >= 0.6 is 0 Å². The first-order valence-corrected chi connectivity index (χ1v) is 7.67. The monoisotopic (exact) mass is 255 g/mol. The lowest BCUT2D eigenvalue weighted by atomic mass is 10.0. The van der Waals surface area contributed by atoms with E-state index in [9.17, 15) is 8.42 Å². The maximum absolute atomic E-state index is 11.9. The molecule has 2 unspecified atom stereocenters. The molecule has 0 saturated carbocycles. The van der Waals surface area contributed by atoms with E-state index in [0.29, 0.717) is 6.42 Å². The van der Waals surface area contributed by atoms with Crippen molar-refractivity contribution in [3.05, 3.63) is 35.4 Å². The molecule has 96 valence electrons. The highest BCUT2D eigenvalue weighted by molar-refractivity contribution is 7.92. The van der Waals surface area contributed by atoms with Crippen LogP contribution in [0.2, 0.25) is 0 Å². The van der Waals surface area contributed by atoms with Gasteiger partial charge in [0.05, 0.1) is 5.25 Å². The van der Waals surface area contributed by atoms with Crippen LogP contribution in [0.25, 0.3) is 0 Å². The summed E-state index contributed by atoms with van der Waals surface area (Å²) in [6.07, 6.45) is 0.547. The molecule has 0 aliphatic carbocycles. The Morgan fingerprint density at radius 1 is 1.18 bits per heavy atom. The largest absolute Gasteiger partial charge is 0.323 e. The molecule has 0 aliphatic heterocycles. The summed E-state index contributed by atoms with van der Waals surface area (Å²) in [4.78, 5) is 0. The molecule has 0 heterocycles. The Labute approximate surface area is 104 Å². The van der Waals surface area contributed by atoms with Crippen LogP contribution in [0, 0.1) is 6.92 Å². The lowest BCUT2D eigenvalue weighted by molar-refractivity contribution is 0.549. The summed E-state index contributed by atoms with van der Waals surface area (Å²) in [5, 5.41) is -0.491. The lowest BCUT2D eigenvalue weighted by Gasteiger charge is -2.22. The molecule has 0 bridgehead atoms. The fraction of sp³-hybridized carbons (Fsp3) is 0.538. The van der Waals surface area contributed by atoms with E-state index in [1.54, 1.807) is 6.92 Å². The number of sulfone groups is 1.